The van der Waals surface area contributed by atoms with Crippen molar-refractivity contribution in [1.82, 2.24) is 0 Å². The van der Waals surface area contributed by atoms with Gasteiger partial charge in [0.25, 0.3) is 29.5 Å². The summed E-state index contributed by atoms with van der Waals surface area (Å²) in [6, 6.07) is 0. The zero-order valence-corrected chi connectivity index (χ0v) is 26.4. The van der Waals surface area contributed by atoms with Crippen LogP contribution in [0.1, 0.15) is 91.4 Å². The fraction of sp³-hybridized carbons (Fsp3) is 0.871. The maximum absolute atomic E-state index is 12.4. The van der Waals surface area contributed by atoms with Crippen molar-refractivity contribution in [2.75, 3.05) is 12.4 Å². The monoisotopic (exact) mass is 628 g/mol. The number of ether oxygens (including phenoxy) is 4. The van der Waals surface area contributed by atoms with Gasteiger partial charge in [-0.3, -0.25) is 23.7 Å². The van der Waals surface area contributed by atoms with E-state index < -0.39 is 10.1 Å². The van der Waals surface area contributed by atoms with Gasteiger partial charge in [-0.1, -0.05) is 20.8 Å². The van der Waals surface area contributed by atoms with Crippen molar-refractivity contribution in [1.29, 1.82) is 0 Å². The molecule has 4 aliphatic rings. The van der Waals surface area contributed by atoms with Crippen LogP contribution in [0.15, 0.2) is 0 Å². The van der Waals surface area contributed by atoms with Gasteiger partial charge in [0.05, 0.1) is 12.4 Å². The van der Waals surface area contributed by atoms with Crippen LogP contribution in [0.3, 0.4) is 0 Å². The summed E-state index contributed by atoms with van der Waals surface area (Å²) in [7, 11) is -4.02. The number of unbranched alkanes of at least 4 members (excludes halogenated alkanes) is 1. The molecule has 0 aromatic heterocycles. The van der Waals surface area contributed by atoms with E-state index >= 15 is 0 Å². The highest BCUT2D eigenvalue weighted by atomic mass is 32.2. The Labute approximate surface area is 254 Å². The van der Waals surface area contributed by atoms with Crippen molar-refractivity contribution in [2.45, 2.75) is 110 Å². The molecule has 0 spiro atoms. The molecule has 12 heteroatoms. The molecule has 0 aromatic carbocycles. The third-order valence-electron chi connectivity index (χ3n) is 12.0. The number of fused-ring (bicyclic) bond motifs is 5. The topological polar surface area (TPSA) is 160 Å². The Hall–Kier alpha value is -2.21. The van der Waals surface area contributed by atoms with Crippen LogP contribution in [0, 0.1) is 46.3 Å². The summed E-state index contributed by atoms with van der Waals surface area (Å²) in [4.78, 5) is 47.1. The number of carbonyl (C=O) groups excluding carboxylic acids is 4. The van der Waals surface area contributed by atoms with Crippen molar-refractivity contribution in [2.24, 2.45) is 46.3 Å². The molecule has 1 N–H and O–H groups in total. The molecule has 4 aliphatic carbocycles. The molecule has 43 heavy (non-hydrogen) atoms. The Morgan fingerprint density at radius 3 is 2.35 bits per heavy atom. The van der Waals surface area contributed by atoms with E-state index in [9.17, 15) is 27.6 Å². The van der Waals surface area contributed by atoms with Gasteiger partial charge in [-0.15, -0.1) is 0 Å². The van der Waals surface area contributed by atoms with Gasteiger partial charge in [-0.05, 0) is 99.2 Å². The molecule has 0 amide bonds. The fourth-order valence-corrected chi connectivity index (χ4v) is 10.5. The van der Waals surface area contributed by atoms with Crippen LogP contribution in [0.4, 0.5) is 0 Å². The molecule has 0 aromatic rings. The lowest BCUT2D eigenvalue weighted by atomic mass is 9.43. The minimum atomic E-state index is -4.02. The summed E-state index contributed by atoms with van der Waals surface area (Å²) in [5, 5.41) is 0. The van der Waals surface area contributed by atoms with Crippen LogP contribution in [-0.4, -0.2) is 69.0 Å². The molecular weight excluding hydrogens is 580 g/mol. The van der Waals surface area contributed by atoms with Gasteiger partial charge in [-0.25, -0.2) is 0 Å². The predicted molar refractivity (Wildman–Crippen MR) is 154 cm³/mol. The number of esters is 1. The highest BCUT2D eigenvalue weighted by molar-refractivity contribution is 7.85. The van der Waals surface area contributed by atoms with Crippen LogP contribution in [0.5, 0.6) is 0 Å². The maximum atomic E-state index is 12.4. The second-order valence-corrected chi connectivity index (χ2v) is 15.4. The second-order valence-electron chi connectivity index (χ2n) is 13.9. The number of hydrogen-bond acceptors (Lipinski definition) is 10. The minimum absolute atomic E-state index is 0.0587. The number of rotatable bonds is 15. The Morgan fingerprint density at radius 2 is 1.67 bits per heavy atom. The lowest BCUT2D eigenvalue weighted by Gasteiger charge is -2.64. The Kier molecular flexibility index (Phi) is 10.8. The minimum Gasteiger partial charge on any atom is -0.466 e. The average molecular weight is 629 g/mol. The van der Waals surface area contributed by atoms with E-state index in [1.807, 2.05) is 0 Å². The van der Waals surface area contributed by atoms with E-state index in [4.69, 9.17) is 23.5 Å². The summed E-state index contributed by atoms with van der Waals surface area (Å²) in [6.45, 7) is 8.40. The number of hydrogen-bond donors (Lipinski definition) is 1. The normalized spacial score (nSPS) is 39.3. The largest absolute Gasteiger partial charge is 0.466 e. The molecule has 11 nitrogen and oxygen atoms in total. The molecule has 4 rings (SSSR count). The molecular formula is C31H48O11S. The van der Waals surface area contributed by atoms with Gasteiger partial charge in [0.1, 0.15) is 18.3 Å². The lowest BCUT2D eigenvalue weighted by Crippen LogP contribution is -2.63. The van der Waals surface area contributed by atoms with E-state index in [0.717, 1.165) is 38.5 Å². The van der Waals surface area contributed by atoms with Crippen LogP contribution in [-0.2, 0) is 48.2 Å². The third-order valence-corrected chi connectivity index (χ3v) is 12.8. The molecule has 4 saturated carbocycles. The van der Waals surface area contributed by atoms with Crippen LogP contribution in [0.2, 0.25) is 0 Å². The summed E-state index contributed by atoms with van der Waals surface area (Å²) in [5.74, 6) is 0.316. The average Bonchev–Trinajstić information content (AvgIpc) is 3.30. The van der Waals surface area contributed by atoms with Gasteiger partial charge in [0.15, 0.2) is 0 Å². The van der Waals surface area contributed by atoms with Crippen LogP contribution in [0.25, 0.3) is 0 Å². The SMILES string of the molecule is C[C@H](CCC(=O)OCCCCS(=O)(=O)O)[C@H]1CC[C@H]2[C@@H]3C(OC=O)CC4CC(OC=O)CCC4(C)[C@H]3CC(OC=O)[C@]12C. The smallest absolute Gasteiger partial charge is 0.305 e. The van der Waals surface area contributed by atoms with Gasteiger partial charge >= 0.3 is 5.97 Å². The highest BCUT2D eigenvalue weighted by Crippen LogP contribution is 2.69. The predicted octanol–water partition coefficient (Wildman–Crippen LogP) is 4.12. The molecule has 0 saturated heterocycles. The number of carbonyl (C=O) groups is 4. The Balaban J connectivity index is 1.47. The van der Waals surface area contributed by atoms with Gasteiger partial charge < -0.3 is 18.9 Å². The van der Waals surface area contributed by atoms with Crippen molar-refractivity contribution in [3.05, 3.63) is 0 Å². The Morgan fingerprint density at radius 1 is 0.953 bits per heavy atom. The first-order valence-electron chi connectivity index (χ1n) is 15.8. The van der Waals surface area contributed by atoms with Gasteiger partial charge in [0.2, 0.25) is 0 Å². The summed E-state index contributed by atoms with van der Waals surface area (Å²) >= 11 is 0. The van der Waals surface area contributed by atoms with E-state index in [2.05, 4.69) is 20.8 Å². The zero-order chi connectivity index (χ0) is 31.4. The summed E-state index contributed by atoms with van der Waals surface area (Å²) in [5.41, 5.74) is -0.413. The summed E-state index contributed by atoms with van der Waals surface area (Å²) in [6.07, 6.45) is 6.32. The van der Waals surface area contributed by atoms with E-state index in [0.29, 0.717) is 38.7 Å². The van der Waals surface area contributed by atoms with Gasteiger partial charge in [0, 0.05) is 17.8 Å². The molecule has 0 radical (unpaired) electrons. The van der Waals surface area contributed by atoms with E-state index in [1.165, 1.54) is 0 Å². The zero-order valence-electron chi connectivity index (χ0n) is 25.6. The molecule has 11 atom stereocenters. The molecule has 0 heterocycles. The van der Waals surface area contributed by atoms with Crippen molar-refractivity contribution >= 4 is 35.5 Å². The first-order valence-corrected chi connectivity index (χ1v) is 17.4. The highest BCUT2D eigenvalue weighted by Gasteiger charge is 2.67. The molecule has 4 fully saturated rings. The second kappa shape index (κ2) is 13.8. The molecule has 0 aliphatic heterocycles. The third kappa shape index (κ3) is 7.05. The lowest BCUT2D eigenvalue weighted by molar-refractivity contribution is -0.218. The molecule has 5 unspecified atom stereocenters. The Bertz CT molecular complexity index is 1110. The standard InChI is InChI=1S/C31H48O11S/c1-20(6-9-28(35)39-12-4-5-13-43(36,37)38)23-7-8-24-29-25(16-27(42-19-34)31(23,24)3)30(2)11-10-22(40-17-32)14-21(30)15-26(29)41-18-33/h17-27,29H,4-16H2,1-3H3,(H,36,37,38)/t20-,21?,22?,23-,24+,25+,26?,27?,29+,30?,31-/m1/s1. The van der Waals surface area contributed by atoms with Crippen LogP contribution >= 0.6 is 0 Å². The summed E-state index contributed by atoms with van der Waals surface area (Å²) < 4.78 is 52.9. The van der Waals surface area contributed by atoms with Crippen molar-refractivity contribution in [3.63, 3.8) is 0 Å². The van der Waals surface area contributed by atoms with Crippen LogP contribution < -0.4 is 0 Å². The first-order chi connectivity index (χ1) is 20.4. The van der Waals surface area contributed by atoms with Crippen molar-refractivity contribution in [3.8, 4) is 0 Å². The first kappa shape index (κ1) is 33.7. The quantitative estimate of drug-likeness (QED) is 0.0914. The maximum Gasteiger partial charge on any atom is 0.305 e. The molecule has 244 valence electrons. The fourth-order valence-electron chi connectivity index (χ4n) is 9.94. The van der Waals surface area contributed by atoms with E-state index in [1.54, 1.807) is 0 Å². The van der Waals surface area contributed by atoms with Crippen molar-refractivity contribution < 1.29 is 51.1 Å². The van der Waals surface area contributed by atoms with Gasteiger partial charge in [-0.2, -0.15) is 8.42 Å². The van der Waals surface area contributed by atoms with E-state index in [-0.39, 0.29) is 95.8 Å². The molecule has 0 bridgehead atoms.